The molecule has 3 atom stereocenters. The monoisotopic (exact) mass is 600 g/mol. The standard InChI is InChI=1S/C38H52O3.C3H8/c1-6-12-31(32(8-3)36(40)19-26(5)39)21-29-23-35-33(18-15-25(4)38(35)37(41)24-29)34-22-28(16-17-30(34)7-2)20-27-13-10-9-11-14-27;1-3-2/h15-18,22,27,29,31-32H,6-14,19-21,23-24H2,1-5H3;3H2,1-2H3. The molecule has 1 fully saturated rings. The maximum absolute atomic E-state index is 13.7. The van der Waals surface area contributed by atoms with Crippen LogP contribution in [0.1, 0.15) is 151 Å². The Morgan fingerprint density at radius 1 is 0.886 bits per heavy atom. The lowest BCUT2D eigenvalue weighted by Gasteiger charge is -2.33. The fourth-order valence-electron chi connectivity index (χ4n) is 8.03. The molecule has 0 aromatic heterocycles. The van der Waals surface area contributed by atoms with E-state index in [0.29, 0.717) is 6.42 Å². The lowest BCUT2D eigenvalue weighted by Crippen LogP contribution is -2.30. The second-order valence-electron chi connectivity index (χ2n) is 13.9. The number of carbonyl (C=O) groups is 3. The molecule has 2 aliphatic carbocycles. The summed E-state index contributed by atoms with van der Waals surface area (Å²) in [5, 5.41) is 0. The van der Waals surface area contributed by atoms with Gasteiger partial charge in [-0.1, -0.05) is 116 Å². The zero-order valence-electron chi connectivity index (χ0n) is 29.0. The van der Waals surface area contributed by atoms with E-state index in [1.54, 1.807) is 0 Å². The average Bonchev–Trinajstić information content (AvgIpc) is 2.98. The zero-order valence-corrected chi connectivity index (χ0v) is 29.0. The normalized spacial score (nSPS) is 18.2. The Hall–Kier alpha value is -2.55. The van der Waals surface area contributed by atoms with Crippen molar-refractivity contribution in [2.24, 2.45) is 23.7 Å². The van der Waals surface area contributed by atoms with Crippen LogP contribution >= 0.6 is 0 Å². The SMILES string of the molecule is CCC.CCCC(CC1CC(=O)c2c(C)ccc(-c3cc(CC4CCCCC4)ccc3CC)c2C1)C(CC)C(=O)CC(C)=O. The minimum Gasteiger partial charge on any atom is -0.300 e. The van der Waals surface area contributed by atoms with E-state index >= 15 is 0 Å². The van der Waals surface area contributed by atoms with Crippen LogP contribution in [-0.2, 0) is 28.9 Å². The van der Waals surface area contributed by atoms with Gasteiger partial charge in [0, 0.05) is 17.9 Å². The van der Waals surface area contributed by atoms with Gasteiger partial charge in [0.05, 0.1) is 6.42 Å². The molecular weight excluding hydrogens is 540 g/mol. The van der Waals surface area contributed by atoms with Gasteiger partial charge >= 0.3 is 0 Å². The molecule has 0 radical (unpaired) electrons. The van der Waals surface area contributed by atoms with Gasteiger partial charge in [0.25, 0.3) is 0 Å². The van der Waals surface area contributed by atoms with E-state index in [0.717, 1.165) is 62.0 Å². The fraction of sp³-hybridized carbons (Fsp3) is 0.634. The number of fused-ring (bicyclic) bond motifs is 1. The smallest absolute Gasteiger partial charge is 0.163 e. The molecule has 0 spiro atoms. The molecule has 0 saturated heterocycles. The molecule has 4 rings (SSSR count). The summed E-state index contributed by atoms with van der Waals surface area (Å²) in [6, 6.07) is 11.5. The summed E-state index contributed by atoms with van der Waals surface area (Å²) in [4.78, 5) is 38.5. The van der Waals surface area contributed by atoms with Crippen LogP contribution in [0.2, 0.25) is 0 Å². The van der Waals surface area contributed by atoms with Gasteiger partial charge in [-0.05, 0) is 97.1 Å². The summed E-state index contributed by atoms with van der Waals surface area (Å²) in [5.41, 5.74) is 8.55. The summed E-state index contributed by atoms with van der Waals surface area (Å²) >= 11 is 0. The number of ketones is 3. The van der Waals surface area contributed by atoms with Gasteiger partial charge in [-0.2, -0.15) is 0 Å². The van der Waals surface area contributed by atoms with Crippen LogP contribution in [-0.4, -0.2) is 17.3 Å². The maximum atomic E-state index is 13.7. The largest absolute Gasteiger partial charge is 0.300 e. The van der Waals surface area contributed by atoms with E-state index in [4.69, 9.17) is 0 Å². The minimum atomic E-state index is -0.101. The Balaban J connectivity index is 0.00000169. The summed E-state index contributed by atoms with van der Waals surface area (Å²) in [6.45, 7) is 14.3. The number of Topliss-reactive ketones (excluding diaryl/α,β-unsaturated/α-hetero) is 3. The van der Waals surface area contributed by atoms with Crippen molar-refractivity contribution in [3.05, 3.63) is 58.1 Å². The molecule has 0 aliphatic heterocycles. The van der Waals surface area contributed by atoms with Crippen molar-refractivity contribution in [3.8, 4) is 11.1 Å². The predicted molar refractivity (Wildman–Crippen MR) is 185 cm³/mol. The maximum Gasteiger partial charge on any atom is 0.163 e. The van der Waals surface area contributed by atoms with Crippen LogP contribution in [0, 0.1) is 30.6 Å². The van der Waals surface area contributed by atoms with Gasteiger partial charge in [0.15, 0.2) is 5.78 Å². The Morgan fingerprint density at radius 2 is 1.59 bits per heavy atom. The minimum absolute atomic E-state index is 0.0332. The van der Waals surface area contributed by atoms with Crippen LogP contribution in [0.15, 0.2) is 30.3 Å². The van der Waals surface area contributed by atoms with Crippen molar-refractivity contribution in [3.63, 3.8) is 0 Å². The van der Waals surface area contributed by atoms with E-state index in [1.165, 1.54) is 73.3 Å². The Morgan fingerprint density at radius 3 is 2.20 bits per heavy atom. The van der Waals surface area contributed by atoms with E-state index < -0.39 is 0 Å². The first-order chi connectivity index (χ1) is 21.2. The Labute approximate surface area is 269 Å². The second-order valence-corrected chi connectivity index (χ2v) is 13.9. The fourth-order valence-corrected chi connectivity index (χ4v) is 8.03. The molecule has 2 aliphatic rings. The first kappa shape index (κ1) is 35.9. The van der Waals surface area contributed by atoms with Crippen molar-refractivity contribution < 1.29 is 14.4 Å². The van der Waals surface area contributed by atoms with E-state index in [9.17, 15) is 14.4 Å². The van der Waals surface area contributed by atoms with Gasteiger partial charge in [-0.25, -0.2) is 0 Å². The molecule has 1 saturated carbocycles. The molecule has 3 unspecified atom stereocenters. The van der Waals surface area contributed by atoms with Gasteiger partial charge in [0.2, 0.25) is 0 Å². The van der Waals surface area contributed by atoms with Gasteiger partial charge in [-0.15, -0.1) is 0 Å². The van der Waals surface area contributed by atoms with Crippen LogP contribution in [0.5, 0.6) is 0 Å². The van der Waals surface area contributed by atoms with Gasteiger partial charge in [0.1, 0.15) is 11.6 Å². The molecule has 3 heteroatoms. The van der Waals surface area contributed by atoms with Crippen molar-refractivity contribution in [1.82, 2.24) is 0 Å². The van der Waals surface area contributed by atoms with Crippen LogP contribution in [0.4, 0.5) is 0 Å². The highest BCUT2D eigenvalue weighted by atomic mass is 16.1. The summed E-state index contributed by atoms with van der Waals surface area (Å²) in [5.74, 6) is 1.41. The molecule has 0 amide bonds. The molecule has 242 valence electrons. The number of hydrogen-bond donors (Lipinski definition) is 0. The predicted octanol–water partition coefficient (Wildman–Crippen LogP) is 10.9. The third-order valence-electron chi connectivity index (χ3n) is 10.0. The molecule has 44 heavy (non-hydrogen) atoms. The van der Waals surface area contributed by atoms with Crippen LogP contribution in [0.25, 0.3) is 11.1 Å². The molecule has 2 aromatic carbocycles. The first-order valence-electron chi connectivity index (χ1n) is 18.0. The van der Waals surface area contributed by atoms with Crippen molar-refractivity contribution in [2.75, 3.05) is 0 Å². The Kier molecular flexibility index (Phi) is 14.5. The van der Waals surface area contributed by atoms with Gasteiger partial charge < -0.3 is 0 Å². The molecule has 3 nitrogen and oxygen atoms in total. The van der Waals surface area contributed by atoms with Crippen molar-refractivity contribution >= 4 is 17.3 Å². The zero-order chi connectivity index (χ0) is 32.2. The van der Waals surface area contributed by atoms with Crippen molar-refractivity contribution in [2.45, 2.75) is 145 Å². The summed E-state index contributed by atoms with van der Waals surface area (Å²) in [6.07, 6.45) is 15.2. The number of benzene rings is 2. The Bertz CT molecular complexity index is 1250. The van der Waals surface area contributed by atoms with Crippen LogP contribution in [0.3, 0.4) is 0 Å². The second kappa shape index (κ2) is 17.8. The average molecular weight is 601 g/mol. The third-order valence-corrected chi connectivity index (χ3v) is 10.0. The number of hydrogen-bond acceptors (Lipinski definition) is 3. The highest BCUT2D eigenvalue weighted by Gasteiger charge is 2.34. The topological polar surface area (TPSA) is 51.2 Å². The molecule has 0 N–H and O–H groups in total. The highest BCUT2D eigenvalue weighted by Crippen LogP contribution is 2.41. The number of rotatable bonds is 13. The van der Waals surface area contributed by atoms with Crippen LogP contribution < -0.4 is 0 Å². The van der Waals surface area contributed by atoms with Crippen molar-refractivity contribution in [1.29, 1.82) is 0 Å². The molecule has 2 aromatic rings. The lowest BCUT2D eigenvalue weighted by atomic mass is 9.71. The number of carbonyl (C=O) groups excluding carboxylic acids is 3. The quantitative estimate of drug-likeness (QED) is 0.215. The summed E-state index contributed by atoms with van der Waals surface area (Å²) in [7, 11) is 0. The first-order valence-corrected chi connectivity index (χ1v) is 18.0. The molecule has 0 heterocycles. The van der Waals surface area contributed by atoms with E-state index in [1.807, 2.05) is 0 Å². The third kappa shape index (κ3) is 9.48. The summed E-state index contributed by atoms with van der Waals surface area (Å²) < 4.78 is 0. The lowest BCUT2D eigenvalue weighted by molar-refractivity contribution is -0.129. The molecular formula is C41H60O3. The van der Waals surface area contributed by atoms with Gasteiger partial charge in [-0.3, -0.25) is 14.4 Å². The number of aryl methyl sites for hydroxylation is 2. The van der Waals surface area contributed by atoms with E-state index in [-0.39, 0.29) is 41.5 Å². The van der Waals surface area contributed by atoms with E-state index in [2.05, 4.69) is 71.9 Å². The molecule has 0 bridgehead atoms. The highest BCUT2D eigenvalue weighted by molar-refractivity contribution is 6.02.